The van der Waals surface area contributed by atoms with Gasteiger partial charge in [0.2, 0.25) is 0 Å². The number of methoxy groups -OCH3 is 1. The third kappa shape index (κ3) is 3.64. The zero-order valence-corrected chi connectivity index (χ0v) is 16.4. The van der Waals surface area contributed by atoms with Crippen molar-refractivity contribution >= 4 is 16.9 Å². The quantitative estimate of drug-likeness (QED) is 0.688. The van der Waals surface area contributed by atoms with Gasteiger partial charge in [0, 0.05) is 17.5 Å². The van der Waals surface area contributed by atoms with Gasteiger partial charge in [0.05, 0.1) is 19.4 Å². The van der Waals surface area contributed by atoms with Gasteiger partial charge in [0.15, 0.2) is 5.76 Å². The fourth-order valence-corrected chi connectivity index (χ4v) is 3.93. The summed E-state index contributed by atoms with van der Waals surface area (Å²) in [5, 5.41) is 3.94. The molecule has 0 radical (unpaired) electrons. The minimum absolute atomic E-state index is 0.0315. The highest BCUT2D eigenvalue weighted by Crippen LogP contribution is 2.29. The maximum Gasteiger partial charge on any atom is 0.287 e. The summed E-state index contributed by atoms with van der Waals surface area (Å²) in [7, 11) is 1.62. The van der Waals surface area contributed by atoms with Crippen LogP contribution in [0.4, 0.5) is 0 Å². The van der Waals surface area contributed by atoms with E-state index in [-0.39, 0.29) is 11.9 Å². The van der Waals surface area contributed by atoms with E-state index in [4.69, 9.17) is 13.6 Å². The lowest BCUT2D eigenvalue weighted by Gasteiger charge is -2.33. The number of nitrogens with zero attached hydrogens (tertiary/aromatic N) is 1. The molecular weight excluding hydrogens is 356 g/mol. The van der Waals surface area contributed by atoms with E-state index in [9.17, 15) is 4.79 Å². The topological polar surface area (TPSA) is 67.8 Å². The monoisotopic (exact) mass is 382 g/mol. The Morgan fingerprint density at radius 1 is 1.25 bits per heavy atom. The van der Waals surface area contributed by atoms with Gasteiger partial charge in [-0.15, -0.1) is 0 Å². The second-order valence-corrected chi connectivity index (χ2v) is 7.26. The van der Waals surface area contributed by atoms with Gasteiger partial charge < -0.3 is 18.9 Å². The Balaban J connectivity index is 1.52. The zero-order valence-electron chi connectivity index (χ0n) is 16.4. The van der Waals surface area contributed by atoms with Crippen molar-refractivity contribution in [1.82, 2.24) is 10.2 Å². The minimum Gasteiger partial charge on any atom is -0.497 e. The van der Waals surface area contributed by atoms with Gasteiger partial charge in [0.1, 0.15) is 17.1 Å². The average molecular weight is 382 g/mol. The number of ether oxygens (including phenoxy) is 1. The Morgan fingerprint density at radius 3 is 2.79 bits per heavy atom. The maximum absolute atomic E-state index is 12.9. The van der Waals surface area contributed by atoms with Crippen molar-refractivity contribution in [3.05, 3.63) is 53.7 Å². The van der Waals surface area contributed by atoms with Crippen LogP contribution in [0, 0.1) is 6.92 Å². The fourth-order valence-electron chi connectivity index (χ4n) is 3.93. The van der Waals surface area contributed by atoms with E-state index >= 15 is 0 Å². The molecule has 1 aromatic carbocycles. The van der Waals surface area contributed by atoms with Crippen LogP contribution in [-0.4, -0.2) is 37.6 Å². The van der Waals surface area contributed by atoms with Crippen molar-refractivity contribution in [2.24, 2.45) is 0 Å². The summed E-state index contributed by atoms with van der Waals surface area (Å²) >= 11 is 0. The molecule has 1 atom stereocenters. The number of nitrogens with one attached hydrogen (secondary N) is 1. The predicted molar refractivity (Wildman–Crippen MR) is 107 cm³/mol. The molecule has 6 nitrogen and oxygen atoms in total. The van der Waals surface area contributed by atoms with Crippen LogP contribution in [0.5, 0.6) is 5.75 Å². The molecule has 4 rings (SSSR count). The summed E-state index contributed by atoms with van der Waals surface area (Å²) in [5.41, 5.74) is 1.50. The zero-order chi connectivity index (χ0) is 19.5. The first-order valence-electron chi connectivity index (χ1n) is 9.80. The second kappa shape index (κ2) is 8.10. The summed E-state index contributed by atoms with van der Waals surface area (Å²) in [6.45, 7) is 4.41. The summed E-state index contributed by atoms with van der Waals surface area (Å²) < 4.78 is 16.8. The molecular formula is C22H26N2O4. The van der Waals surface area contributed by atoms with Gasteiger partial charge in [0.25, 0.3) is 5.91 Å². The minimum atomic E-state index is -0.207. The first-order valence-corrected chi connectivity index (χ1v) is 9.80. The van der Waals surface area contributed by atoms with E-state index in [1.807, 2.05) is 37.3 Å². The van der Waals surface area contributed by atoms with Crippen LogP contribution in [0.1, 0.15) is 47.2 Å². The van der Waals surface area contributed by atoms with Gasteiger partial charge in [-0.25, -0.2) is 0 Å². The van der Waals surface area contributed by atoms with Crippen molar-refractivity contribution in [2.75, 3.05) is 26.7 Å². The van der Waals surface area contributed by atoms with Crippen LogP contribution in [0.25, 0.3) is 11.0 Å². The molecule has 148 valence electrons. The lowest BCUT2D eigenvalue weighted by atomic mass is 10.1. The number of rotatable bonds is 6. The predicted octanol–water partition coefficient (Wildman–Crippen LogP) is 4.30. The van der Waals surface area contributed by atoms with Crippen LogP contribution >= 0.6 is 0 Å². The molecule has 1 amide bonds. The average Bonchev–Trinajstić information content (AvgIpc) is 3.37. The van der Waals surface area contributed by atoms with Gasteiger partial charge in [-0.3, -0.25) is 9.69 Å². The lowest BCUT2D eigenvalue weighted by molar-refractivity contribution is 0.0888. The van der Waals surface area contributed by atoms with E-state index in [2.05, 4.69) is 10.2 Å². The highest BCUT2D eigenvalue weighted by Gasteiger charge is 2.26. The lowest BCUT2D eigenvalue weighted by Crippen LogP contribution is -2.40. The molecule has 0 saturated carbocycles. The molecule has 1 aliphatic heterocycles. The van der Waals surface area contributed by atoms with Crippen molar-refractivity contribution in [1.29, 1.82) is 0 Å². The molecule has 28 heavy (non-hydrogen) atoms. The van der Waals surface area contributed by atoms with Gasteiger partial charge >= 0.3 is 0 Å². The molecule has 0 bridgehead atoms. The third-order valence-electron chi connectivity index (χ3n) is 5.51. The smallest absolute Gasteiger partial charge is 0.287 e. The number of hydrogen-bond acceptors (Lipinski definition) is 5. The summed E-state index contributed by atoms with van der Waals surface area (Å²) in [5.74, 6) is 1.76. The molecule has 1 fully saturated rings. The van der Waals surface area contributed by atoms with Crippen molar-refractivity contribution < 1.29 is 18.4 Å². The molecule has 1 aliphatic rings. The third-order valence-corrected chi connectivity index (χ3v) is 5.51. The maximum atomic E-state index is 12.9. The number of hydrogen-bond donors (Lipinski definition) is 1. The number of fused-ring (bicyclic) bond motifs is 1. The number of carbonyl (C=O) groups excluding carboxylic acids is 1. The Kier molecular flexibility index (Phi) is 5.39. The molecule has 1 unspecified atom stereocenters. The first kappa shape index (κ1) is 18.6. The number of piperidine rings is 1. The highest BCUT2D eigenvalue weighted by atomic mass is 16.5. The SMILES string of the molecule is COc1ccc2oc(C(=O)NCC(c3ccco3)N3CCCCC3)c(C)c2c1. The van der Waals surface area contributed by atoms with Gasteiger partial charge in [-0.05, 0) is 63.2 Å². The number of aryl methyl sites for hydroxylation is 1. The summed E-state index contributed by atoms with van der Waals surface area (Å²) in [4.78, 5) is 15.2. The van der Waals surface area contributed by atoms with E-state index in [0.29, 0.717) is 17.9 Å². The molecule has 3 heterocycles. The van der Waals surface area contributed by atoms with Crippen molar-refractivity contribution in [3.8, 4) is 5.75 Å². The van der Waals surface area contributed by atoms with Crippen LogP contribution < -0.4 is 10.1 Å². The summed E-state index contributed by atoms with van der Waals surface area (Å²) in [6, 6.07) is 9.46. The van der Waals surface area contributed by atoms with Crippen LogP contribution in [0.15, 0.2) is 45.4 Å². The number of benzene rings is 1. The molecule has 0 aliphatic carbocycles. The summed E-state index contributed by atoms with van der Waals surface area (Å²) in [6.07, 6.45) is 5.30. The standard InChI is InChI=1S/C22H26N2O4/c1-15-17-13-16(26-2)8-9-19(17)28-21(15)22(25)23-14-18(20-7-6-12-27-20)24-10-4-3-5-11-24/h6-9,12-13,18H,3-5,10-11,14H2,1-2H3,(H,23,25). The molecule has 6 heteroatoms. The molecule has 1 N–H and O–H groups in total. The molecule has 2 aromatic heterocycles. The first-order chi connectivity index (χ1) is 13.7. The Morgan fingerprint density at radius 2 is 2.07 bits per heavy atom. The van der Waals surface area contributed by atoms with Gasteiger partial charge in [-0.2, -0.15) is 0 Å². The van der Waals surface area contributed by atoms with Crippen molar-refractivity contribution in [2.45, 2.75) is 32.2 Å². The van der Waals surface area contributed by atoms with E-state index in [0.717, 1.165) is 35.5 Å². The Labute approximate surface area is 164 Å². The molecule has 1 saturated heterocycles. The van der Waals surface area contributed by atoms with E-state index < -0.39 is 0 Å². The largest absolute Gasteiger partial charge is 0.497 e. The number of likely N-dealkylation sites (tertiary alicyclic amines) is 1. The Hall–Kier alpha value is -2.73. The van der Waals surface area contributed by atoms with Crippen LogP contribution in [0.3, 0.4) is 0 Å². The van der Waals surface area contributed by atoms with E-state index in [1.165, 1.54) is 19.3 Å². The second-order valence-electron chi connectivity index (χ2n) is 7.26. The normalized spacial score (nSPS) is 16.2. The Bertz CT molecular complexity index is 939. The number of furan rings is 2. The van der Waals surface area contributed by atoms with Crippen LogP contribution in [-0.2, 0) is 0 Å². The van der Waals surface area contributed by atoms with Crippen LogP contribution in [0.2, 0.25) is 0 Å². The fraction of sp³-hybridized carbons (Fsp3) is 0.409. The highest BCUT2D eigenvalue weighted by molar-refractivity contribution is 5.99. The van der Waals surface area contributed by atoms with Gasteiger partial charge in [-0.1, -0.05) is 6.42 Å². The van der Waals surface area contributed by atoms with E-state index in [1.54, 1.807) is 13.4 Å². The molecule has 0 spiro atoms. The molecule has 3 aromatic rings. The number of carbonyl (C=O) groups is 1. The number of amides is 1. The van der Waals surface area contributed by atoms with Crippen molar-refractivity contribution in [3.63, 3.8) is 0 Å².